The van der Waals surface area contributed by atoms with E-state index < -0.39 is 103 Å². The number of hydrogen-bond donors (Lipinski definition) is 5. The normalized spacial score (nSPS) is 35.1. The van der Waals surface area contributed by atoms with Crippen molar-refractivity contribution >= 4 is 35.1 Å². The molecule has 84 heavy (non-hydrogen) atoms. The highest BCUT2D eigenvalue weighted by molar-refractivity contribution is 7.95. The van der Waals surface area contributed by atoms with Crippen molar-refractivity contribution in [3.63, 3.8) is 0 Å². The molecule has 5 N–H and O–H groups in total. The predicted molar refractivity (Wildman–Crippen MR) is 337 cm³/mol. The lowest BCUT2D eigenvalue weighted by atomic mass is 9.68. The third kappa shape index (κ3) is 17.1. The summed E-state index contributed by atoms with van der Waals surface area (Å²) >= 11 is 0. The number of carbonyl (C=O) groups excluding carboxylic acids is 2. The van der Waals surface area contributed by atoms with E-state index in [1.165, 1.54) is 68.5 Å². The maximum absolute atomic E-state index is 14.8. The van der Waals surface area contributed by atoms with Gasteiger partial charge in [0.25, 0.3) is 0 Å². The number of carbonyl (C=O) groups is 2. The lowest BCUT2D eigenvalue weighted by molar-refractivity contribution is -0.302. The second kappa shape index (κ2) is 31.7. The average molecular weight is 1190 g/mol. The molecule has 18 atom stereocenters. The van der Waals surface area contributed by atoms with E-state index in [1.807, 2.05) is 46.7 Å². The summed E-state index contributed by atoms with van der Waals surface area (Å²) < 4.78 is 32.2. The topological polar surface area (TPSA) is 188 Å². The number of ether oxygens (including phenoxy) is 5. The minimum atomic E-state index is -1.98. The molecule has 3 aliphatic heterocycles. The molecule has 472 valence electrons. The van der Waals surface area contributed by atoms with Gasteiger partial charge in [0.1, 0.15) is 53.2 Å². The minimum absolute atomic E-state index is 0.110. The quantitative estimate of drug-likeness (QED) is 0.0343. The molecule has 0 bridgehead atoms. The molecule has 6 rings (SSSR count). The molecule has 3 aromatic rings. The van der Waals surface area contributed by atoms with E-state index in [9.17, 15) is 35.1 Å². The molecule has 3 fully saturated rings. The van der Waals surface area contributed by atoms with Gasteiger partial charge in [0, 0.05) is 38.5 Å². The summed E-state index contributed by atoms with van der Waals surface area (Å²) in [5.74, 6) is -3.61. The van der Waals surface area contributed by atoms with E-state index in [2.05, 4.69) is 91.0 Å². The summed E-state index contributed by atoms with van der Waals surface area (Å²) in [6, 6.07) is 32.2. The fourth-order valence-corrected chi connectivity index (χ4v) is 19.0. The first-order chi connectivity index (χ1) is 39.8. The predicted octanol–water partition coefficient (Wildman–Crippen LogP) is 9.75. The molecular formula is C69H110N2O12P+. The maximum Gasteiger partial charge on any atom is 0.309 e. The monoisotopic (exact) mass is 1190 g/mol. The number of benzene rings is 3. The van der Waals surface area contributed by atoms with E-state index in [0.29, 0.717) is 12.8 Å². The Morgan fingerprint density at radius 3 is 1.70 bits per heavy atom. The van der Waals surface area contributed by atoms with Gasteiger partial charge in [0.2, 0.25) is 5.91 Å². The van der Waals surface area contributed by atoms with E-state index in [-0.39, 0.29) is 56.2 Å². The Labute approximate surface area is 506 Å². The first-order valence-corrected chi connectivity index (χ1v) is 34.0. The van der Waals surface area contributed by atoms with Gasteiger partial charge in [-0.1, -0.05) is 134 Å². The van der Waals surface area contributed by atoms with Gasteiger partial charge in [-0.3, -0.25) is 9.59 Å². The standard InChI is InChI=1S/C69H110N2O12P/c1-14-58-69(10,78)62(74)51(6)71(59(72)41-33-22-20-18-16-15-17-19-21-23-34-42-84(53-35-27-24-28-36-53,54-37-29-25-30-38-54)55-39-31-26-32-40-55)46-47(2)44-67(8,77)64(83-66-61(73)56(70(11)12)43-48(3)80-66)49(4)60(50(5)65(76)82-58)57-45-68(9,79-13)63(75)52(7)81-57/h24-32,35-40,47-52,56-58,60-64,66,73-75,77-78H,14-23,33-34,41-46H2,1-13H3/q+1/t47-,48-,49+,50-,51-,52+,56+,57-,58-,60?,61-,62-,63+,64-,66+,67-,68-,69-/m1/s1. The van der Waals surface area contributed by atoms with Crippen molar-refractivity contribution in [2.45, 2.75) is 256 Å². The van der Waals surface area contributed by atoms with Gasteiger partial charge >= 0.3 is 5.97 Å². The van der Waals surface area contributed by atoms with Crippen LogP contribution >= 0.6 is 7.26 Å². The molecule has 1 unspecified atom stereocenters. The van der Waals surface area contributed by atoms with Crippen LogP contribution in [-0.2, 0) is 33.3 Å². The Morgan fingerprint density at radius 2 is 1.21 bits per heavy atom. The number of aliphatic hydroxyl groups excluding tert-OH is 3. The van der Waals surface area contributed by atoms with Crippen LogP contribution in [0, 0.1) is 23.7 Å². The molecule has 3 aromatic carbocycles. The molecule has 3 aliphatic rings. The number of likely N-dealkylation sites (N-methyl/N-ethyl adjacent to an activating group) is 1. The van der Waals surface area contributed by atoms with Crippen LogP contribution in [0.25, 0.3) is 0 Å². The number of amides is 1. The van der Waals surface area contributed by atoms with Crippen LogP contribution in [0.1, 0.15) is 172 Å². The summed E-state index contributed by atoms with van der Waals surface area (Å²) in [7, 11) is 3.52. The Kier molecular flexibility index (Phi) is 26.3. The van der Waals surface area contributed by atoms with Gasteiger partial charge in [-0.15, -0.1) is 0 Å². The number of nitrogens with zero attached hydrogens (tertiary/aromatic N) is 2. The number of hydrogen-bond acceptors (Lipinski definition) is 13. The largest absolute Gasteiger partial charge is 0.459 e. The molecule has 3 saturated heterocycles. The number of cyclic esters (lactones) is 1. The number of unbranched alkanes of at least 4 members (excludes halogenated alkanes) is 10. The summed E-state index contributed by atoms with van der Waals surface area (Å²) in [5, 5.41) is 65.2. The lowest BCUT2D eigenvalue weighted by Gasteiger charge is -2.51. The second-order valence-corrected chi connectivity index (χ2v) is 30.2. The molecule has 1 amide bonds. The van der Waals surface area contributed by atoms with Crippen molar-refractivity contribution in [1.82, 2.24) is 9.80 Å². The summed E-state index contributed by atoms with van der Waals surface area (Å²) in [6.45, 7) is 17.9. The number of methoxy groups -OCH3 is 1. The van der Waals surface area contributed by atoms with Crippen molar-refractivity contribution in [2.24, 2.45) is 23.7 Å². The van der Waals surface area contributed by atoms with Crippen LogP contribution in [0.15, 0.2) is 91.0 Å². The fraction of sp³-hybridized carbons (Fsp3) is 0.710. The highest BCUT2D eigenvalue weighted by atomic mass is 31.2. The molecule has 3 heterocycles. The average Bonchev–Trinajstić information content (AvgIpc) is 2.09. The third-order valence-electron chi connectivity index (χ3n) is 19.6. The van der Waals surface area contributed by atoms with Crippen LogP contribution < -0.4 is 15.9 Å². The first-order valence-electron chi connectivity index (χ1n) is 32.1. The van der Waals surface area contributed by atoms with Crippen molar-refractivity contribution < 1.29 is 58.8 Å². The Morgan fingerprint density at radius 1 is 0.714 bits per heavy atom. The smallest absolute Gasteiger partial charge is 0.309 e. The van der Waals surface area contributed by atoms with Crippen molar-refractivity contribution in [1.29, 1.82) is 0 Å². The van der Waals surface area contributed by atoms with Gasteiger partial charge in [-0.25, -0.2) is 0 Å². The van der Waals surface area contributed by atoms with Gasteiger partial charge in [0.05, 0.1) is 53.7 Å². The summed E-state index contributed by atoms with van der Waals surface area (Å²) in [5.41, 5.74) is -4.71. The molecular weight excluding hydrogens is 1080 g/mol. The summed E-state index contributed by atoms with van der Waals surface area (Å²) in [6.07, 6.45) is 5.71. The van der Waals surface area contributed by atoms with Crippen molar-refractivity contribution in [2.75, 3.05) is 33.9 Å². The van der Waals surface area contributed by atoms with Gasteiger partial charge in [-0.05, 0) is 142 Å². The highest BCUT2D eigenvalue weighted by Gasteiger charge is 2.55. The molecule has 0 aliphatic carbocycles. The zero-order valence-corrected chi connectivity index (χ0v) is 54.4. The fourth-order valence-electron chi connectivity index (χ4n) is 14.6. The zero-order valence-electron chi connectivity index (χ0n) is 53.5. The Hall–Kier alpha value is -3.37. The molecule has 14 nitrogen and oxygen atoms in total. The first kappa shape index (κ1) is 69.7. The van der Waals surface area contributed by atoms with Crippen LogP contribution in [0.4, 0.5) is 0 Å². The molecule has 0 saturated carbocycles. The van der Waals surface area contributed by atoms with E-state index in [4.69, 9.17) is 23.7 Å². The SMILES string of the molecule is CC[C@H]1OC(=O)[C@H](C)C([C@H]2C[C@@](C)(OC)[C@@H](O)[C@H](C)O2)[C@H](C)[C@@H](O[C@@H]2O[C@H](C)C[C@H](N(C)C)[C@H]2O)[C@](C)(O)C[C@@H](C)CN(C(=O)CCCCCCCCCCCCC[P+](c2ccccc2)(c2ccccc2)c2ccccc2)[C@H](C)[C@@H](O)[C@]1(C)O. The zero-order chi connectivity index (χ0) is 61.6. The maximum atomic E-state index is 14.8. The minimum Gasteiger partial charge on any atom is -0.459 e. The molecule has 0 aromatic heterocycles. The molecule has 0 spiro atoms. The van der Waals surface area contributed by atoms with E-state index in [1.54, 1.807) is 39.5 Å². The highest BCUT2D eigenvalue weighted by Crippen LogP contribution is 2.56. The van der Waals surface area contributed by atoms with E-state index in [0.717, 1.165) is 31.8 Å². The Balaban J connectivity index is 1.11. The third-order valence-corrected chi connectivity index (χ3v) is 24.1. The van der Waals surface area contributed by atoms with Crippen molar-refractivity contribution in [3.8, 4) is 0 Å². The second-order valence-electron chi connectivity index (χ2n) is 26.5. The van der Waals surface area contributed by atoms with Crippen LogP contribution in [-0.4, -0.2) is 165 Å². The van der Waals surface area contributed by atoms with Crippen LogP contribution in [0.2, 0.25) is 0 Å². The lowest BCUT2D eigenvalue weighted by Crippen LogP contribution is -2.61. The number of aliphatic hydroxyl groups is 5. The van der Waals surface area contributed by atoms with Gasteiger partial charge < -0.3 is 59.0 Å². The Bertz CT molecular complexity index is 2320. The number of rotatable bonds is 23. The van der Waals surface area contributed by atoms with Crippen LogP contribution in [0.5, 0.6) is 0 Å². The van der Waals surface area contributed by atoms with E-state index >= 15 is 0 Å². The molecule has 0 radical (unpaired) electrons. The molecule has 15 heteroatoms. The van der Waals surface area contributed by atoms with Crippen molar-refractivity contribution in [3.05, 3.63) is 91.0 Å². The van der Waals surface area contributed by atoms with Gasteiger partial charge in [-0.2, -0.15) is 0 Å². The van der Waals surface area contributed by atoms with Crippen LogP contribution in [0.3, 0.4) is 0 Å². The number of esters is 1. The summed E-state index contributed by atoms with van der Waals surface area (Å²) in [4.78, 5) is 33.0. The van der Waals surface area contributed by atoms with Gasteiger partial charge in [0.15, 0.2) is 6.29 Å².